The highest BCUT2D eigenvalue weighted by Crippen LogP contribution is 2.21. The average Bonchev–Trinajstić information content (AvgIpc) is 2.48. The first-order chi connectivity index (χ1) is 7.99. The molecule has 2 N–H and O–H groups in total. The van der Waals surface area contributed by atoms with Crippen LogP contribution in [0.15, 0.2) is 22.7 Å². The Labute approximate surface area is 110 Å². The number of aryl methyl sites for hydroxylation is 2. The molecule has 0 atom stereocenters. The molecule has 0 aliphatic carbocycles. The lowest BCUT2D eigenvalue weighted by molar-refractivity contribution is 0.850. The highest BCUT2D eigenvalue weighted by Gasteiger charge is 2.10. The molecule has 0 spiro atoms. The Morgan fingerprint density at radius 1 is 1.35 bits per heavy atom. The largest absolute Gasteiger partial charge is 0.369 e. The van der Waals surface area contributed by atoms with Gasteiger partial charge in [0.2, 0.25) is 0 Å². The van der Waals surface area contributed by atoms with Gasteiger partial charge in [0, 0.05) is 23.6 Å². The van der Waals surface area contributed by atoms with E-state index >= 15 is 0 Å². The van der Waals surface area contributed by atoms with Crippen LogP contribution < -0.4 is 5.73 Å². The first-order valence-electron chi connectivity index (χ1n) is 5.51. The Hall–Kier alpha value is -1.29. The molecule has 0 saturated carbocycles. The molecule has 1 aromatic carbocycles. The fourth-order valence-electron chi connectivity index (χ4n) is 1.98. The normalized spacial score (nSPS) is 10.8. The monoisotopic (exact) mass is 293 g/mol. The van der Waals surface area contributed by atoms with Crippen molar-refractivity contribution < 1.29 is 0 Å². The quantitative estimate of drug-likeness (QED) is 0.925. The fraction of sp³-hybridized carbons (Fsp3) is 0.308. The molecule has 0 unspecified atom stereocenters. The van der Waals surface area contributed by atoms with Crippen molar-refractivity contribution in [2.45, 2.75) is 20.3 Å². The van der Waals surface area contributed by atoms with Crippen molar-refractivity contribution in [1.29, 1.82) is 0 Å². The number of aromatic nitrogens is 2. The first kappa shape index (κ1) is 12.2. The van der Waals surface area contributed by atoms with Crippen LogP contribution in [0, 0.1) is 13.8 Å². The molecular formula is C13H16BrN3. The average molecular weight is 294 g/mol. The summed E-state index contributed by atoms with van der Waals surface area (Å²) in [6, 6.07) is 6.34. The van der Waals surface area contributed by atoms with Crippen LogP contribution in [0.3, 0.4) is 0 Å². The van der Waals surface area contributed by atoms with Crippen LogP contribution in [-0.2, 0) is 13.5 Å². The van der Waals surface area contributed by atoms with Crippen LogP contribution in [0.5, 0.6) is 0 Å². The Morgan fingerprint density at radius 2 is 2.06 bits per heavy atom. The minimum Gasteiger partial charge on any atom is -0.369 e. The van der Waals surface area contributed by atoms with Crippen molar-refractivity contribution in [2.75, 3.05) is 5.73 Å². The third kappa shape index (κ3) is 2.36. The molecule has 1 aromatic heterocycles. The highest BCUT2D eigenvalue weighted by molar-refractivity contribution is 9.10. The van der Waals surface area contributed by atoms with Gasteiger partial charge in [0.05, 0.1) is 5.69 Å². The van der Waals surface area contributed by atoms with Crippen molar-refractivity contribution in [2.24, 2.45) is 7.05 Å². The van der Waals surface area contributed by atoms with Gasteiger partial charge in [-0.3, -0.25) is 0 Å². The summed E-state index contributed by atoms with van der Waals surface area (Å²) < 4.78 is 3.07. The number of nitrogen functional groups attached to an aromatic ring is 1. The second kappa shape index (κ2) is 4.53. The maximum atomic E-state index is 5.80. The van der Waals surface area contributed by atoms with Gasteiger partial charge in [-0.2, -0.15) is 0 Å². The van der Waals surface area contributed by atoms with Crippen LogP contribution in [0.2, 0.25) is 0 Å². The first-order valence-corrected chi connectivity index (χ1v) is 6.31. The number of rotatable bonds is 2. The van der Waals surface area contributed by atoms with Crippen LogP contribution in [0.25, 0.3) is 0 Å². The van der Waals surface area contributed by atoms with E-state index in [1.165, 1.54) is 16.8 Å². The minimum absolute atomic E-state index is 0.576. The molecule has 17 heavy (non-hydrogen) atoms. The van der Waals surface area contributed by atoms with E-state index in [9.17, 15) is 0 Å². The number of hydrogen-bond donors (Lipinski definition) is 1. The molecule has 0 aliphatic heterocycles. The van der Waals surface area contributed by atoms with Gasteiger partial charge < -0.3 is 10.3 Å². The molecule has 0 aliphatic rings. The molecular weight excluding hydrogens is 278 g/mol. The van der Waals surface area contributed by atoms with Gasteiger partial charge in [0.15, 0.2) is 5.95 Å². The summed E-state index contributed by atoms with van der Waals surface area (Å²) in [5.41, 5.74) is 10.6. The maximum Gasteiger partial charge on any atom is 0.200 e. The SMILES string of the molecule is Cc1cc(Br)ccc1Cc1c(C)nc(N)n1C. The smallest absolute Gasteiger partial charge is 0.200 e. The lowest BCUT2D eigenvalue weighted by atomic mass is 10.0. The molecule has 2 aromatic rings. The van der Waals surface area contributed by atoms with Gasteiger partial charge in [-0.25, -0.2) is 4.98 Å². The van der Waals surface area contributed by atoms with Crippen LogP contribution in [0.1, 0.15) is 22.5 Å². The zero-order chi connectivity index (χ0) is 12.6. The summed E-state index contributed by atoms with van der Waals surface area (Å²) >= 11 is 3.48. The Kier molecular flexibility index (Phi) is 3.24. The van der Waals surface area contributed by atoms with Gasteiger partial charge in [-0.05, 0) is 37.1 Å². The van der Waals surface area contributed by atoms with E-state index in [1.54, 1.807) is 0 Å². The molecule has 0 fully saturated rings. The van der Waals surface area contributed by atoms with Crippen molar-refractivity contribution in [3.05, 3.63) is 45.2 Å². The van der Waals surface area contributed by atoms with Gasteiger partial charge in [-0.15, -0.1) is 0 Å². The summed E-state index contributed by atoms with van der Waals surface area (Å²) in [4.78, 5) is 4.29. The number of nitrogens with zero attached hydrogens (tertiary/aromatic N) is 2. The van der Waals surface area contributed by atoms with Gasteiger partial charge in [0.1, 0.15) is 0 Å². The molecule has 4 heteroatoms. The molecule has 0 radical (unpaired) electrons. The second-order valence-electron chi connectivity index (χ2n) is 4.31. The minimum atomic E-state index is 0.576. The molecule has 0 amide bonds. The number of benzene rings is 1. The molecule has 90 valence electrons. The fourth-order valence-corrected chi connectivity index (χ4v) is 2.45. The van der Waals surface area contributed by atoms with Crippen LogP contribution >= 0.6 is 15.9 Å². The molecule has 3 nitrogen and oxygen atoms in total. The van der Waals surface area contributed by atoms with Gasteiger partial charge >= 0.3 is 0 Å². The Morgan fingerprint density at radius 3 is 2.59 bits per heavy atom. The van der Waals surface area contributed by atoms with E-state index in [2.05, 4.69) is 46.0 Å². The van der Waals surface area contributed by atoms with E-state index in [0.29, 0.717) is 5.95 Å². The number of imidazole rings is 1. The van der Waals surface area contributed by atoms with Gasteiger partial charge in [-0.1, -0.05) is 22.0 Å². The predicted molar refractivity (Wildman–Crippen MR) is 74.0 cm³/mol. The lowest BCUT2D eigenvalue weighted by Crippen LogP contribution is -2.03. The number of anilines is 1. The topological polar surface area (TPSA) is 43.8 Å². The lowest BCUT2D eigenvalue weighted by Gasteiger charge is -2.08. The predicted octanol–water partition coefficient (Wildman–Crippen LogP) is 2.97. The third-order valence-electron chi connectivity index (χ3n) is 3.11. The van der Waals surface area contributed by atoms with E-state index in [1.807, 2.05) is 18.5 Å². The number of halogens is 1. The zero-order valence-electron chi connectivity index (χ0n) is 10.3. The van der Waals surface area contributed by atoms with E-state index < -0.39 is 0 Å². The molecule has 0 bridgehead atoms. The third-order valence-corrected chi connectivity index (χ3v) is 3.60. The van der Waals surface area contributed by atoms with E-state index in [4.69, 9.17) is 5.73 Å². The van der Waals surface area contributed by atoms with Crippen molar-refractivity contribution >= 4 is 21.9 Å². The van der Waals surface area contributed by atoms with Crippen molar-refractivity contribution in [3.63, 3.8) is 0 Å². The standard InChI is InChI=1S/C13H16BrN3/c1-8-6-11(14)5-4-10(8)7-12-9(2)16-13(15)17(12)3/h4-6H,7H2,1-3H3,(H2,15,16). The second-order valence-corrected chi connectivity index (χ2v) is 5.22. The maximum absolute atomic E-state index is 5.80. The zero-order valence-corrected chi connectivity index (χ0v) is 11.9. The van der Waals surface area contributed by atoms with E-state index in [-0.39, 0.29) is 0 Å². The molecule has 0 saturated heterocycles. The number of nitrogens with two attached hydrogens (primary N) is 1. The summed E-state index contributed by atoms with van der Waals surface area (Å²) in [6.07, 6.45) is 0.867. The summed E-state index contributed by atoms with van der Waals surface area (Å²) in [5, 5.41) is 0. The molecule has 2 rings (SSSR count). The van der Waals surface area contributed by atoms with Crippen molar-refractivity contribution in [3.8, 4) is 0 Å². The molecule has 1 heterocycles. The summed E-state index contributed by atoms with van der Waals surface area (Å²) in [7, 11) is 1.96. The van der Waals surface area contributed by atoms with Gasteiger partial charge in [0.25, 0.3) is 0 Å². The van der Waals surface area contributed by atoms with E-state index in [0.717, 1.165) is 16.6 Å². The Bertz CT molecular complexity index is 558. The van der Waals surface area contributed by atoms with Crippen LogP contribution in [-0.4, -0.2) is 9.55 Å². The number of hydrogen-bond acceptors (Lipinski definition) is 2. The summed E-state index contributed by atoms with van der Waals surface area (Å²) in [6.45, 7) is 4.12. The summed E-state index contributed by atoms with van der Waals surface area (Å²) in [5.74, 6) is 0.576. The Balaban J connectivity index is 2.38. The van der Waals surface area contributed by atoms with Crippen molar-refractivity contribution in [1.82, 2.24) is 9.55 Å². The highest BCUT2D eigenvalue weighted by atomic mass is 79.9. The van der Waals surface area contributed by atoms with Crippen LogP contribution in [0.4, 0.5) is 5.95 Å².